The summed E-state index contributed by atoms with van der Waals surface area (Å²) in [6.45, 7) is 0. The lowest BCUT2D eigenvalue weighted by atomic mass is 10.1. The number of nitrogens with zero attached hydrogens (tertiary/aromatic N) is 1. The van der Waals surface area contributed by atoms with Gasteiger partial charge in [-0.05, 0) is 24.1 Å². The lowest BCUT2D eigenvalue weighted by Gasteiger charge is -1.98. The number of halogens is 1. The zero-order valence-corrected chi connectivity index (χ0v) is 8.11. The minimum absolute atomic E-state index is 0.223. The van der Waals surface area contributed by atoms with Gasteiger partial charge in [0, 0.05) is 6.42 Å². The summed E-state index contributed by atoms with van der Waals surface area (Å²) in [5.41, 5.74) is 6.44. The van der Waals surface area contributed by atoms with Crippen LogP contribution in [0, 0.1) is 5.82 Å². The molecule has 78 valence electrons. The SMILES string of the molecule is Nc1cnc(CCc2ccc(F)cc2)o1. The topological polar surface area (TPSA) is 52.0 Å². The second kappa shape index (κ2) is 4.13. The third-order valence-electron chi connectivity index (χ3n) is 2.11. The Labute approximate surface area is 86.7 Å². The van der Waals surface area contributed by atoms with Crippen molar-refractivity contribution in [1.29, 1.82) is 0 Å². The molecule has 0 unspecified atom stereocenters. The predicted molar refractivity (Wildman–Crippen MR) is 54.7 cm³/mol. The van der Waals surface area contributed by atoms with Crippen molar-refractivity contribution in [3.8, 4) is 0 Å². The molecule has 2 N–H and O–H groups in total. The van der Waals surface area contributed by atoms with E-state index in [1.807, 2.05) is 0 Å². The van der Waals surface area contributed by atoms with Crippen LogP contribution in [0.1, 0.15) is 11.5 Å². The number of aryl methyl sites for hydroxylation is 2. The van der Waals surface area contributed by atoms with E-state index >= 15 is 0 Å². The summed E-state index contributed by atoms with van der Waals surface area (Å²) in [5, 5.41) is 0. The Kier molecular flexibility index (Phi) is 2.67. The number of hydrogen-bond acceptors (Lipinski definition) is 3. The van der Waals surface area contributed by atoms with E-state index in [1.54, 1.807) is 12.1 Å². The number of nitrogen functional groups attached to an aromatic ring is 1. The van der Waals surface area contributed by atoms with Gasteiger partial charge in [-0.1, -0.05) is 12.1 Å². The fraction of sp³-hybridized carbons (Fsp3) is 0.182. The largest absolute Gasteiger partial charge is 0.426 e. The van der Waals surface area contributed by atoms with Crippen molar-refractivity contribution in [2.24, 2.45) is 0 Å². The molecule has 4 heteroatoms. The van der Waals surface area contributed by atoms with Gasteiger partial charge >= 0.3 is 0 Å². The van der Waals surface area contributed by atoms with Crippen molar-refractivity contribution in [3.63, 3.8) is 0 Å². The second-order valence-electron chi connectivity index (χ2n) is 3.28. The Hall–Kier alpha value is -1.84. The van der Waals surface area contributed by atoms with E-state index in [2.05, 4.69) is 4.98 Å². The number of benzene rings is 1. The maximum atomic E-state index is 12.6. The summed E-state index contributed by atoms with van der Waals surface area (Å²) in [4.78, 5) is 3.98. The highest BCUT2D eigenvalue weighted by molar-refractivity contribution is 5.19. The number of rotatable bonds is 3. The van der Waals surface area contributed by atoms with E-state index in [4.69, 9.17) is 10.2 Å². The van der Waals surface area contributed by atoms with Gasteiger partial charge in [-0.15, -0.1) is 0 Å². The van der Waals surface area contributed by atoms with E-state index in [1.165, 1.54) is 18.3 Å². The van der Waals surface area contributed by atoms with Gasteiger partial charge in [-0.3, -0.25) is 0 Å². The molecule has 0 bridgehead atoms. The van der Waals surface area contributed by atoms with Crippen molar-refractivity contribution >= 4 is 5.88 Å². The molecular formula is C11H11FN2O. The van der Waals surface area contributed by atoms with Gasteiger partial charge in [-0.2, -0.15) is 0 Å². The lowest BCUT2D eigenvalue weighted by molar-refractivity contribution is 0.509. The first kappa shape index (κ1) is 9.71. The number of hydrogen-bond donors (Lipinski definition) is 1. The monoisotopic (exact) mass is 206 g/mol. The Morgan fingerprint density at radius 3 is 2.53 bits per heavy atom. The van der Waals surface area contributed by atoms with Crippen LogP contribution >= 0.6 is 0 Å². The summed E-state index contributed by atoms with van der Waals surface area (Å²) in [7, 11) is 0. The minimum atomic E-state index is -0.223. The van der Waals surface area contributed by atoms with Gasteiger partial charge in [0.1, 0.15) is 5.82 Å². The maximum absolute atomic E-state index is 12.6. The highest BCUT2D eigenvalue weighted by Gasteiger charge is 2.01. The van der Waals surface area contributed by atoms with Crippen LogP contribution in [-0.2, 0) is 12.8 Å². The molecule has 0 radical (unpaired) electrons. The average molecular weight is 206 g/mol. The van der Waals surface area contributed by atoms with E-state index in [0.717, 1.165) is 12.0 Å². The summed E-state index contributed by atoms with van der Waals surface area (Å²) in [6, 6.07) is 6.39. The van der Waals surface area contributed by atoms with Crippen molar-refractivity contribution < 1.29 is 8.81 Å². The Bertz CT molecular complexity index is 436. The molecule has 0 aliphatic heterocycles. The smallest absolute Gasteiger partial charge is 0.211 e. The molecule has 0 fully saturated rings. The van der Waals surface area contributed by atoms with Gasteiger partial charge < -0.3 is 10.2 Å². The molecule has 15 heavy (non-hydrogen) atoms. The summed E-state index contributed by atoms with van der Waals surface area (Å²) in [6.07, 6.45) is 2.92. The van der Waals surface area contributed by atoms with Crippen LogP contribution in [-0.4, -0.2) is 4.98 Å². The number of aromatic nitrogens is 1. The van der Waals surface area contributed by atoms with E-state index in [0.29, 0.717) is 18.2 Å². The van der Waals surface area contributed by atoms with Gasteiger partial charge in [0.05, 0.1) is 6.20 Å². The first-order valence-electron chi connectivity index (χ1n) is 4.68. The minimum Gasteiger partial charge on any atom is -0.426 e. The molecule has 0 saturated carbocycles. The molecule has 0 saturated heterocycles. The molecule has 2 rings (SSSR count). The van der Waals surface area contributed by atoms with E-state index < -0.39 is 0 Å². The predicted octanol–water partition coefficient (Wildman–Crippen LogP) is 2.18. The Balaban J connectivity index is 1.96. The van der Waals surface area contributed by atoms with Crippen LogP contribution in [0.15, 0.2) is 34.9 Å². The average Bonchev–Trinajstić information content (AvgIpc) is 2.64. The van der Waals surface area contributed by atoms with Crippen LogP contribution in [0.4, 0.5) is 10.3 Å². The van der Waals surface area contributed by atoms with Crippen molar-refractivity contribution in [1.82, 2.24) is 4.98 Å². The van der Waals surface area contributed by atoms with Crippen molar-refractivity contribution in [2.45, 2.75) is 12.8 Å². The third-order valence-corrected chi connectivity index (χ3v) is 2.11. The zero-order chi connectivity index (χ0) is 10.7. The number of nitrogens with two attached hydrogens (primary N) is 1. The Morgan fingerprint density at radius 2 is 1.93 bits per heavy atom. The molecule has 2 aromatic rings. The van der Waals surface area contributed by atoms with E-state index in [9.17, 15) is 4.39 Å². The lowest BCUT2D eigenvalue weighted by Crippen LogP contribution is -1.91. The molecule has 0 aliphatic carbocycles. The molecular weight excluding hydrogens is 195 g/mol. The quantitative estimate of drug-likeness (QED) is 0.837. The summed E-state index contributed by atoms with van der Waals surface area (Å²) < 4.78 is 17.7. The van der Waals surface area contributed by atoms with Gasteiger partial charge in [0.25, 0.3) is 0 Å². The zero-order valence-electron chi connectivity index (χ0n) is 8.11. The second-order valence-corrected chi connectivity index (χ2v) is 3.28. The van der Waals surface area contributed by atoms with Crippen LogP contribution in [0.2, 0.25) is 0 Å². The highest BCUT2D eigenvalue weighted by Crippen LogP contribution is 2.09. The molecule has 0 amide bonds. The summed E-state index contributed by atoms with van der Waals surface area (Å²) in [5.74, 6) is 0.708. The van der Waals surface area contributed by atoms with Crippen molar-refractivity contribution in [2.75, 3.05) is 5.73 Å². The molecule has 1 aromatic carbocycles. The van der Waals surface area contributed by atoms with Crippen LogP contribution in [0.5, 0.6) is 0 Å². The molecule has 0 spiro atoms. The number of anilines is 1. The molecule has 0 aliphatic rings. The first-order chi connectivity index (χ1) is 7.24. The van der Waals surface area contributed by atoms with E-state index in [-0.39, 0.29) is 5.82 Å². The highest BCUT2D eigenvalue weighted by atomic mass is 19.1. The van der Waals surface area contributed by atoms with Crippen LogP contribution in [0.3, 0.4) is 0 Å². The first-order valence-corrected chi connectivity index (χ1v) is 4.68. The number of oxazole rings is 1. The van der Waals surface area contributed by atoms with Crippen LogP contribution < -0.4 is 5.73 Å². The standard InChI is InChI=1S/C11H11FN2O/c12-9-4-1-8(2-5-9)3-6-11-14-7-10(13)15-11/h1-2,4-5,7H,3,6,13H2. The maximum Gasteiger partial charge on any atom is 0.211 e. The van der Waals surface area contributed by atoms with Crippen molar-refractivity contribution in [3.05, 3.63) is 47.7 Å². The normalized spacial score (nSPS) is 10.5. The van der Waals surface area contributed by atoms with Gasteiger partial charge in [0.2, 0.25) is 5.88 Å². The molecule has 1 aromatic heterocycles. The molecule has 3 nitrogen and oxygen atoms in total. The summed E-state index contributed by atoms with van der Waals surface area (Å²) >= 11 is 0. The molecule has 0 atom stereocenters. The third kappa shape index (κ3) is 2.56. The Morgan fingerprint density at radius 1 is 1.20 bits per heavy atom. The van der Waals surface area contributed by atoms with Gasteiger partial charge in [0.15, 0.2) is 5.89 Å². The van der Waals surface area contributed by atoms with Crippen LogP contribution in [0.25, 0.3) is 0 Å². The fourth-order valence-corrected chi connectivity index (χ4v) is 1.34. The van der Waals surface area contributed by atoms with Gasteiger partial charge in [-0.25, -0.2) is 9.37 Å². The molecule has 1 heterocycles. The fourth-order valence-electron chi connectivity index (χ4n) is 1.34.